The van der Waals surface area contributed by atoms with Crippen LogP contribution in [0, 0.1) is 0 Å². The lowest BCUT2D eigenvalue weighted by Gasteiger charge is -2.33. The predicted molar refractivity (Wildman–Crippen MR) is 134 cm³/mol. The van der Waals surface area contributed by atoms with Crippen LogP contribution >= 0.6 is 11.3 Å². The number of halogens is 6. The van der Waals surface area contributed by atoms with Crippen molar-refractivity contribution in [3.8, 4) is 0 Å². The van der Waals surface area contributed by atoms with Crippen LogP contribution in [-0.4, -0.2) is 81.5 Å². The predicted octanol–water partition coefficient (Wildman–Crippen LogP) is 4.25. The Balaban J connectivity index is 0.000000276. The second-order valence-corrected chi connectivity index (χ2v) is 9.15. The highest BCUT2D eigenvalue weighted by atomic mass is 32.1. The zero-order chi connectivity index (χ0) is 30.5. The van der Waals surface area contributed by atoms with Gasteiger partial charge in [0.05, 0.1) is 10.2 Å². The van der Waals surface area contributed by atoms with Gasteiger partial charge >= 0.3 is 24.3 Å². The number of nitrogens with zero attached hydrogens (tertiary/aromatic N) is 4. The van der Waals surface area contributed by atoms with Crippen LogP contribution in [0.2, 0.25) is 0 Å². The third-order valence-electron chi connectivity index (χ3n) is 5.26. The Morgan fingerprint density at radius 2 is 1.41 bits per heavy atom. The van der Waals surface area contributed by atoms with Gasteiger partial charge in [0.25, 0.3) is 11.9 Å². The molecule has 2 aromatic heterocycles. The maximum absolute atomic E-state index is 12.8. The number of carboxylic acid groups (broad SMARTS) is 2. The molecule has 0 bridgehead atoms. The summed E-state index contributed by atoms with van der Waals surface area (Å²) in [5, 5.41) is 14.8. The van der Waals surface area contributed by atoms with Crippen LogP contribution in [0.15, 0.2) is 46.9 Å². The number of hydrogen-bond acceptors (Lipinski definition) is 9. The number of carboxylic acids is 2. The minimum absolute atomic E-state index is 0.0145. The summed E-state index contributed by atoms with van der Waals surface area (Å²) in [6, 6.07) is 13.9. The molecule has 5 rings (SSSR count). The van der Waals surface area contributed by atoms with Crippen LogP contribution < -0.4 is 10.6 Å². The summed E-state index contributed by atoms with van der Waals surface area (Å²) in [5.74, 6) is -5.50. The molecule has 4 N–H and O–H groups in total. The van der Waals surface area contributed by atoms with Gasteiger partial charge < -0.3 is 30.2 Å². The minimum Gasteiger partial charge on any atom is -0.475 e. The highest BCUT2D eigenvalue weighted by Gasteiger charge is 2.38. The number of benzene rings is 2. The molecule has 3 heterocycles. The Morgan fingerprint density at radius 3 is 1.95 bits per heavy atom. The Morgan fingerprint density at radius 1 is 0.854 bits per heavy atom. The number of anilines is 2. The van der Waals surface area contributed by atoms with Gasteiger partial charge in [-0.1, -0.05) is 23.5 Å². The molecule has 1 fully saturated rings. The second kappa shape index (κ2) is 12.3. The summed E-state index contributed by atoms with van der Waals surface area (Å²) in [7, 11) is 0. The van der Waals surface area contributed by atoms with E-state index in [2.05, 4.69) is 14.9 Å². The quantitative estimate of drug-likeness (QED) is 0.281. The maximum Gasteiger partial charge on any atom is 0.490 e. The van der Waals surface area contributed by atoms with Gasteiger partial charge in [-0.3, -0.25) is 4.79 Å². The van der Waals surface area contributed by atoms with E-state index in [1.165, 1.54) is 11.3 Å². The molecule has 1 aliphatic heterocycles. The Hall–Kier alpha value is -4.61. The average molecular weight is 607 g/mol. The van der Waals surface area contributed by atoms with Crippen molar-refractivity contribution >= 4 is 61.6 Å². The number of carbonyl (C=O) groups excluding carboxylic acids is 1. The number of rotatable bonds is 2. The molecule has 4 aromatic rings. The molecule has 2 aromatic carbocycles. The van der Waals surface area contributed by atoms with Crippen molar-refractivity contribution in [1.29, 1.82) is 0 Å². The maximum atomic E-state index is 12.8. The van der Waals surface area contributed by atoms with Crippen molar-refractivity contribution < 1.29 is 55.4 Å². The smallest absolute Gasteiger partial charge is 0.475 e. The molecule has 1 saturated heterocycles. The van der Waals surface area contributed by atoms with Crippen molar-refractivity contribution in [2.75, 3.05) is 36.8 Å². The van der Waals surface area contributed by atoms with Gasteiger partial charge in [0, 0.05) is 31.7 Å². The normalized spacial score (nSPS) is 13.7. The first kappa shape index (κ1) is 30.9. The van der Waals surface area contributed by atoms with Crippen LogP contribution in [0.3, 0.4) is 0 Å². The highest BCUT2D eigenvalue weighted by Crippen LogP contribution is 2.26. The number of nitrogen functional groups attached to an aromatic ring is 1. The molecule has 0 saturated carbocycles. The number of alkyl halides is 6. The lowest BCUT2D eigenvalue weighted by atomic mass is 10.1. The fourth-order valence-electron chi connectivity index (χ4n) is 3.36. The van der Waals surface area contributed by atoms with Crippen molar-refractivity contribution in [3.63, 3.8) is 0 Å². The number of amides is 1. The molecule has 11 nitrogen and oxygen atoms in total. The molecular formula is C23H19F6N5O6S. The van der Waals surface area contributed by atoms with Crippen LogP contribution in [-0.2, 0) is 9.59 Å². The molecule has 18 heteroatoms. The lowest BCUT2D eigenvalue weighted by Crippen LogP contribution is -2.48. The fourth-order valence-corrected chi connectivity index (χ4v) is 4.07. The molecule has 0 atom stereocenters. The minimum atomic E-state index is -5.08. The lowest BCUT2D eigenvalue weighted by molar-refractivity contribution is -0.193. The summed E-state index contributed by atoms with van der Waals surface area (Å²) in [4.78, 5) is 43.4. The molecule has 41 heavy (non-hydrogen) atoms. The Kier molecular flexibility index (Phi) is 9.26. The number of aromatic nitrogens is 2. The van der Waals surface area contributed by atoms with Crippen LogP contribution in [0.5, 0.6) is 0 Å². The van der Waals surface area contributed by atoms with E-state index in [1.807, 2.05) is 47.4 Å². The van der Waals surface area contributed by atoms with E-state index >= 15 is 0 Å². The monoisotopic (exact) mass is 607 g/mol. The van der Waals surface area contributed by atoms with E-state index in [0.29, 0.717) is 42.9 Å². The number of fused-ring (bicyclic) bond motifs is 2. The average Bonchev–Trinajstić information content (AvgIpc) is 3.50. The van der Waals surface area contributed by atoms with E-state index in [1.54, 1.807) is 0 Å². The fraction of sp³-hybridized carbons (Fsp3) is 0.261. The molecule has 1 amide bonds. The van der Waals surface area contributed by atoms with Gasteiger partial charge in [0.1, 0.15) is 5.52 Å². The van der Waals surface area contributed by atoms with Gasteiger partial charge in [0.2, 0.25) is 0 Å². The van der Waals surface area contributed by atoms with E-state index < -0.39 is 24.3 Å². The first-order valence-corrected chi connectivity index (χ1v) is 12.0. The third-order valence-corrected chi connectivity index (χ3v) is 6.12. The van der Waals surface area contributed by atoms with Gasteiger partial charge in [-0.05, 0) is 30.3 Å². The summed E-state index contributed by atoms with van der Waals surface area (Å²) >= 11 is 1.43. The second-order valence-electron chi connectivity index (χ2n) is 8.08. The van der Waals surface area contributed by atoms with Crippen LogP contribution in [0.1, 0.15) is 10.4 Å². The number of para-hydroxylation sites is 2. The Bertz CT molecular complexity index is 1490. The molecule has 0 unspecified atom stereocenters. The summed E-state index contributed by atoms with van der Waals surface area (Å²) < 4.78 is 70.3. The Labute approximate surface area is 229 Å². The van der Waals surface area contributed by atoms with Gasteiger partial charge in [0.15, 0.2) is 10.7 Å². The van der Waals surface area contributed by atoms with Gasteiger partial charge in [-0.25, -0.2) is 14.6 Å². The van der Waals surface area contributed by atoms with Crippen molar-refractivity contribution in [2.45, 2.75) is 12.4 Å². The van der Waals surface area contributed by atoms with Gasteiger partial charge in [-0.2, -0.15) is 31.3 Å². The van der Waals surface area contributed by atoms with E-state index in [9.17, 15) is 31.1 Å². The first-order chi connectivity index (χ1) is 19.1. The standard InChI is InChI=1S/C19H17N5O2S.2C2HF3O2/c20-18-21-14-11-12(5-6-16(14)27-18)17(25)23-7-9-24(10-8-23)19-22-13-3-1-2-4-15(13)26-19;2*3-2(4,5)1(6)7/h1-6,11H,7-10H2,(H2,20,21);2*(H,6,7). The number of aliphatic carboxylic acids is 2. The summed E-state index contributed by atoms with van der Waals surface area (Å²) in [6.45, 7) is 2.61. The number of oxazole rings is 1. The molecule has 0 aliphatic carbocycles. The van der Waals surface area contributed by atoms with Crippen molar-refractivity contribution in [3.05, 3.63) is 48.0 Å². The van der Waals surface area contributed by atoms with Crippen molar-refractivity contribution in [1.82, 2.24) is 14.9 Å². The van der Waals surface area contributed by atoms with Crippen LogP contribution in [0.4, 0.5) is 37.5 Å². The van der Waals surface area contributed by atoms with Crippen LogP contribution in [0.25, 0.3) is 21.3 Å². The largest absolute Gasteiger partial charge is 0.490 e. The first-order valence-electron chi connectivity index (χ1n) is 11.2. The van der Waals surface area contributed by atoms with E-state index in [-0.39, 0.29) is 5.91 Å². The molecule has 0 spiro atoms. The summed E-state index contributed by atoms with van der Waals surface area (Å²) in [5.41, 5.74) is 8.79. The summed E-state index contributed by atoms with van der Waals surface area (Å²) in [6.07, 6.45) is -10.2. The van der Waals surface area contributed by atoms with E-state index in [4.69, 9.17) is 30.0 Å². The van der Waals surface area contributed by atoms with E-state index in [0.717, 1.165) is 21.3 Å². The molecule has 1 aliphatic rings. The molecule has 220 valence electrons. The number of thiazole rings is 1. The number of hydrogen-bond donors (Lipinski definition) is 3. The SMILES string of the molecule is Nc1nc2cc(C(=O)N3CCN(c4nc5ccccc5o4)CC3)ccc2s1.O=C(O)C(F)(F)F.O=C(O)C(F)(F)F. The number of nitrogens with two attached hydrogens (primary N) is 1. The third kappa shape index (κ3) is 8.19. The number of carbonyl (C=O) groups is 3. The molecule has 0 radical (unpaired) electrons. The zero-order valence-electron chi connectivity index (χ0n) is 20.4. The molecular weight excluding hydrogens is 588 g/mol. The highest BCUT2D eigenvalue weighted by molar-refractivity contribution is 7.22. The zero-order valence-corrected chi connectivity index (χ0v) is 21.3. The topological polar surface area (TPSA) is 163 Å². The van der Waals surface area contributed by atoms with Gasteiger partial charge in [-0.15, -0.1) is 0 Å². The van der Waals surface area contributed by atoms with Crippen molar-refractivity contribution in [2.24, 2.45) is 0 Å². The number of piperazine rings is 1.